The quantitative estimate of drug-likeness (QED) is 0.803. The minimum atomic E-state index is -0.0794. The number of carbonyl (C=O) groups excluding carboxylic acids is 1. The maximum absolute atomic E-state index is 12.4. The van der Waals surface area contributed by atoms with Gasteiger partial charge in [-0.05, 0) is 49.7 Å². The summed E-state index contributed by atoms with van der Waals surface area (Å²) < 4.78 is 5.24. The Hall–Kier alpha value is -2.53. The largest absolute Gasteiger partial charge is 0.508 e. The molecule has 26 heavy (non-hydrogen) atoms. The molecule has 0 aromatic heterocycles. The van der Waals surface area contributed by atoms with E-state index >= 15 is 0 Å². The van der Waals surface area contributed by atoms with Crippen LogP contribution in [0.15, 0.2) is 48.5 Å². The molecule has 1 atom stereocenters. The maximum Gasteiger partial charge on any atom is 0.224 e. The van der Waals surface area contributed by atoms with E-state index in [-0.39, 0.29) is 24.1 Å². The highest BCUT2D eigenvalue weighted by molar-refractivity contribution is 5.79. The zero-order valence-electron chi connectivity index (χ0n) is 15.1. The van der Waals surface area contributed by atoms with Crippen molar-refractivity contribution >= 4 is 5.91 Å². The van der Waals surface area contributed by atoms with E-state index in [0.717, 1.165) is 18.8 Å². The number of benzene rings is 2. The van der Waals surface area contributed by atoms with Crippen molar-refractivity contribution in [1.82, 2.24) is 10.2 Å². The number of para-hydroxylation sites is 1. The Labute approximate surface area is 154 Å². The molecule has 3 rings (SSSR count). The van der Waals surface area contributed by atoms with Gasteiger partial charge in [-0.15, -0.1) is 0 Å². The zero-order valence-corrected chi connectivity index (χ0v) is 15.1. The lowest BCUT2D eigenvalue weighted by atomic mass is 10.0. The molecule has 2 N–H and O–H groups in total. The molecule has 0 aliphatic carbocycles. The van der Waals surface area contributed by atoms with Gasteiger partial charge in [0.15, 0.2) is 0 Å². The molecule has 138 valence electrons. The Kier molecular flexibility index (Phi) is 6.12. The number of nitrogens with one attached hydrogen (secondary N) is 1. The number of phenolic OH excluding ortho intramolecular Hbond substituents is 1. The third kappa shape index (κ3) is 4.55. The van der Waals surface area contributed by atoms with Crippen LogP contribution in [0.2, 0.25) is 0 Å². The third-order valence-electron chi connectivity index (χ3n) is 4.92. The van der Waals surface area contributed by atoms with Crippen LogP contribution in [0.3, 0.4) is 0 Å². The standard InChI is InChI=1S/C21H26N2O3/c1-26-18-10-8-16(9-11-18)19(23-12-4-5-13-23)15-22-21(25)14-17-6-2-3-7-20(17)24/h2-3,6-11,19,24H,4-5,12-15H2,1H3,(H,22,25). The number of carbonyl (C=O) groups is 1. The molecule has 1 saturated heterocycles. The van der Waals surface area contributed by atoms with Gasteiger partial charge >= 0.3 is 0 Å². The van der Waals surface area contributed by atoms with Crippen molar-refractivity contribution in [1.29, 1.82) is 0 Å². The molecule has 1 fully saturated rings. The van der Waals surface area contributed by atoms with E-state index in [1.165, 1.54) is 18.4 Å². The van der Waals surface area contributed by atoms with Gasteiger partial charge in [0.05, 0.1) is 19.6 Å². The molecule has 5 heteroatoms. The lowest BCUT2D eigenvalue weighted by molar-refractivity contribution is -0.120. The summed E-state index contributed by atoms with van der Waals surface area (Å²) in [6.45, 7) is 2.65. The summed E-state index contributed by atoms with van der Waals surface area (Å²) in [5, 5.41) is 12.9. The van der Waals surface area contributed by atoms with Crippen molar-refractivity contribution < 1.29 is 14.6 Å². The van der Waals surface area contributed by atoms with Crippen molar-refractivity contribution in [3.05, 3.63) is 59.7 Å². The molecule has 0 bridgehead atoms. The van der Waals surface area contributed by atoms with Crippen LogP contribution in [0, 0.1) is 0 Å². The summed E-state index contributed by atoms with van der Waals surface area (Å²) in [6.07, 6.45) is 2.57. The SMILES string of the molecule is COc1ccc(C(CNC(=O)Cc2ccccc2O)N2CCCC2)cc1. The molecule has 0 radical (unpaired) electrons. The fourth-order valence-corrected chi connectivity index (χ4v) is 3.44. The molecule has 1 amide bonds. The summed E-state index contributed by atoms with van der Waals surface area (Å²) >= 11 is 0. The van der Waals surface area contributed by atoms with E-state index in [0.29, 0.717) is 12.1 Å². The van der Waals surface area contributed by atoms with Crippen LogP contribution in [0.5, 0.6) is 11.5 Å². The predicted molar refractivity (Wildman–Crippen MR) is 101 cm³/mol. The van der Waals surface area contributed by atoms with Crippen LogP contribution in [-0.2, 0) is 11.2 Å². The van der Waals surface area contributed by atoms with Crippen molar-refractivity contribution in [2.24, 2.45) is 0 Å². The number of aromatic hydroxyl groups is 1. The van der Waals surface area contributed by atoms with Crippen LogP contribution in [0.4, 0.5) is 0 Å². The zero-order chi connectivity index (χ0) is 18.4. The average molecular weight is 354 g/mol. The molecule has 2 aromatic rings. The van der Waals surface area contributed by atoms with Crippen LogP contribution < -0.4 is 10.1 Å². The van der Waals surface area contributed by atoms with Crippen LogP contribution in [-0.4, -0.2) is 42.7 Å². The molecule has 1 aliphatic rings. The fraction of sp³-hybridized carbons (Fsp3) is 0.381. The fourth-order valence-electron chi connectivity index (χ4n) is 3.44. The van der Waals surface area contributed by atoms with E-state index in [4.69, 9.17) is 4.74 Å². The first-order valence-electron chi connectivity index (χ1n) is 9.09. The highest BCUT2D eigenvalue weighted by Crippen LogP contribution is 2.26. The minimum absolute atomic E-state index is 0.0794. The van der Waals surface area contributed by atoms with E-state index in [1.54, 1.807) is 25.3 Å². The number of phenols is 1. The summed E-state index contributed by atoms with van der Waals surface area (Å²) in [5.74, 6) is 0.913. The van der Waals surface area contributed by atoms with E-state index in [1.807, 2.05) is 18.2 Å². The van der Waals surface area contributed by atoms with Gasteiger partial charge < -0.3 is 15.2 Å². The molecule has 2 aromatic carbocycles. The maximum atomic E-state index is 12.4. The molecule has 1 unspecified atom stereocenters. The Bertz CT molecular complexity index is 724. The number of hydrogen-bond acceptors (Lipinski definition) is 4. The highest BCUT2D eigenvalue weighted by Gasteiger charge is 2.24. The smallest absolute Gasteiger partial charge is 0.224 e. The first-order chi connectivity index (χ1) is 12.7. The summed E-state index contributed by atoms with van der Waals surface area (Å²) in [4.78, 5) is 14.8. The minimum Gasteiger partial charge on any atom is -0.508 e. The monoisotopic (exact) mass is 354 g/mol. The molecular formula is C21H26N2O3. The van der Waals surface area contributed by atoms with Crippen molar-refractivity contribution in [2.75, 3.05) is 26.7 Å². The van der Waals surface area contributed by atoms with E-state index in [9.17, 15) is 9.90 Å². The van der Waals surface area contributed by atoms with Gasteiger partial charge in [-0.2, -0.15) is 0 Å². The Balaban J connectivity index is 1.65. The van der Waals surface area contributed by atoms with Gasteiger partial charge in [-0.25, -0.2) is 0 Å². The normalized spacial score (nSPS) is 15.6. The summed E-state index contributed by atoms with van der Waals surface area (Å²) in [7, 11) is 1.66. The third-order valence-corrected chi connectivity index (χ3v) is 4.92. The number of hydrogen-bond donors (Lipinski definition) is 2. The van der Waals surface area contributed by atoms with Gasteiger partial charge in [-0.1, -0.05) is 30.3 Å². The number of ether oxygens (including phenoxy) is 1. The van der Waals surface area contributed by atoms with Gasteiger partial charge in [0, 0.05) is 12.1 Å². The first kappa shape index (κ1) is 18.3. The number of methoxy groups -OCH3 is 1. The first-order valence-corrected chi connectivity index (χ1v) is 9.09. The molecule has 0 spiro atoms. The van der Waals surface area contributed by atoms with Crippen LogP contribution in [0.25, 0.3) is 0 Å². The lowest BCUT2D eigenvalue weighted by Crippen LogP contribution is -2.37. The lowest BCUT2D eigenvalue weighted by Gasteiger charge is -2.28. The van der Waals surface area contributed by atoms with Gasteiger partial charge in [0.2, 0.25) is 5.91 Å². The number of rotatable bonds is 7. The second kappa shape index (κ2) is 8.72. The number of amides is 1. The van der Waals surface area contributed by atoms with E-state index < -0.39 is 0 Å². The Morgan fingerprint density at radius 2 is 1.85 bits per heavy atom. The number of likely N-dealkylation sites (tertiary alicyclic amines) is 1. The molecule has 0 saturated carbocycles. The molecule has 1 aliphatic heterocycles. The van der Waals surface area contributed by atoms with Crippen molar-refractivity contribution in [3.63, 3.8) is 0 Å². The summed E-state index contributed by atoms with van der Waals surface area (Å²) in [6, 6.07) is 15.2. The predicted octanol–water partition coefficient (Wildman–Crippen LogP) is 2.90. The molecule has 1 heterocycles. The average Bonchev–Trinajstić information content (AvgIpc) is 3.19. The molecule has 5 nitrogen and oxygen atoms in total. The summed E-state index contributed by atoms with van der Waals surface area (Å²) in [5.41, 5.74) is 1.82. The molecular weight excluding hydrogens is 328 g/mol. The second-order valence-electron chi connectivity index (χ2n) is 6.64. The van der Waals surface area contributed by atoms with Crippen molar-refractivity contribution in [2.45, 2.75) is 25.3 Å². The number of nitrogens with zero attached hydrogens (tertiary/aromatic N) is 1. The second-order valence-corrected chi connectivity index (χ2v) is 6.64. The van der Waals surface area contributed by atoms with Crippen LogP contribution >= 0.6 is 0 Å². The van der Waals surface area contributed by atoms with Crippen LogP contribution in [0.1, 0.15) is 30.0 Å². The topological polar surface area (TPSA) is 61.8 Å². The Morgan fingerprint density at radius 3 is 2.50 bits per heavy atom. The van der Waals surface area contributed by atoms with E-state index in [2.05, 4.69) is 22.3 Å². The highest BCUT2D eigenvalue weighted by atomic mass is 16.5. The van der Waals surface area contributed by atoms with Gasteiger partial charge in [0.25, 0.3) is 0 Å². The van der Waals surface area contributed by atoms with Gasteiger partial charge in [-0.3, -0.25) is 9.69 Å². The Morgan fingerprint density at radius 1 is 1.15 bits per heavy atom. The van der Waals surface area contributed by atoms with Gasteiger partial charge in [0.1, 0.15) is 11.5 Å². The van der Waals surface area contributed by atoms with Crippen molar-refractivity contribution in [3.8, 4) is 11.5 Å².